The quantitative estimate of drug-likeness (QED) is 0.0721. The van der Waals surface area contributed by atoms with Crippen LogP contribution in [0.1, 0.15) is 111 Å². The number of ether oxygens (including phenoxy) is 3. The lowest BCUT2D eigenvalue weighted by Gasteiger charge is -2.51. The maximum absolute atomic E-state index is 11.9. The van der Waals surface area contributed by atoms with E-state index in [0.717, 1.165) is 68.3 Å². The minimum absolute atomic E-state index is 0.145. The fourth-order valence-electron chi connectivity index (χ4n) is 13.1. The van der Waals surface area contributed by atoms with Gasteiger partial charge in [0, 0.05) is 54.2 Å². The largest absolute Gasteiger partial charge is 0.506 e. The van der Waals surface area contributed by atoms with E-state index in [1.807, 2.05) is 98.8 Å². The Morgan fingerprint density at radius 2 is 0.924 bits per heavy atom. The number of hydrogen-bond donors (Lipinski definition) is 1. The van der Waals surface area contributed by atoms with Crippen molar-refractivity contribution in [1.29, 1.82) is 0 Å². The highest BCUT2D eigenvalue weighted by Crippen LogP contribution is 2.60. The monoisotopic (exact) mass is 1220 g/mol. The van der Waals surface area contributed by atoms with E-state index >= 15 is 0 Å². The molecule has 4 aromatic carbocycles. The van der Waals surface area contributed by atoms with Gasteiger partial charge in [-0.2, -0.15) is 19.2 Å². The van der Waals surface area contributed by atoms with Gasteiger partial charge < -0.3 is 28.4 Å². The summed E-state index contributed by atoms with van der Waals surface area (Å²) in [6, 6.07) is 23.1. The summed E-state index contributed by atoms with van der Waals surface area (Å²) < 4.78 is 52.3. The Morgan fingerprint density at radius 3 is 1.28 bits per heavy atom. The standard InChI is InChI=1S/C30H36ClO4P.C21H25ClO2.C9H12BrO2P.2CO2/c1-5-6-22-9-12-26(30(33-2)27-23-14-20-13-21(16-23)17-24(27)15-20)28(31)29(22)34-18-19-7-10-25(11-8-19)35-36(3,4)32;1-3-4-14-5-6-17(19(22)20(14)23)21(24-2)18-15-8-12-7-13(10-15)11-16(18)9-12;1-13(2,11)12-9-5-3-8(7-10)4-6-9;2*2-1-3/h5-12,20-21,23-24H,13-18H2,1-4H3;3-6,12-13,15-16,23H,7-11H2,1-2H3;3-6H,7H2,1-2H3;;/b6-5+,30-27?;4-3+,21-18?;;;. The van der Waals surface area contributed by atoms with Gasteiger partial charge in [0.15, 0.2) is 0 Å². The van der Waals surface area contributed by atoms with E-state index in [0.29, 0.717) is 57.6 Å². The summed E-state index contributed by atoms with van der Waals surface area (Å²) in [4.78, 5) is 32.5. The number of halogens is 3. The van der Waals surface area contributed by atoms with Crippen LogP contribution in [-0.2, 0) is 49.7 Å². The second kappa shape index (κ2) is 29.1. The Balaban J connectivity index is 0.000000200. The Hall–Kier alpha value is -5.08. The van der Waals surface area contributed by atoms with Crippen LogP contribution in [-0.4, -0.2) is 58.3 Å². The van der Waals surface area contributed by atoms with Gasteiger partial charge in [-0.05, 0) is 184 Å². The lowest BCUT2D eigenvalue weighted by atomic mass is 9.54. The molecule has 0 amide bonds. The zero-order chi connectivity index (χ0) is 57.6. The molecule has 8 aliphatic carbocycles. The molecule has 8 saturated carbocycles. The minimum Gasteiger partial charge on any atom is -0.506 e. The summed E-state index contributed by atoms with van der Waals surface area (Å²) in [6.07, 6.45) is 21.5. The van der Waals surface area contributed by atoms with Gasteiger partial charge in [0.2, 0.25) is 14.7 Å². The van der Waals surface area contributed by atoms with Crippen LogP contribution in [0.2, 0.25) is 10.0 Å². The van der Waals surface area contributed by atoms with Crippen LogP contribution < -0.4 is 13.8 Å². The van der Waals surface area contributed by atoms with Crippen molar-refractivity contribution in [2.75, 3.05) is 40.9 Å². The second-order valence-corrected chi connectivity index (χ2v) is 28.5. The number of methoxy groups -OCH3 is 2. The molecule has 0 saturated heterocycles. The molecule has 8 aliphatic rings. The summed E-state index contributed by atoms with van der Waals surface area (Å²) in [7, 11) is -1.51. The first kappa shape index (κ1) is 63.1. The van der Waals surface area contributed by atoms with Crippen molar-refractivity contribution in [1.82, 2.24) is 0 Å². The minimum atomic E-state index is -2.60. The fourth-order valence-corrected chi connectivity index (χ4v) is 15.3. The van der Waals surface area contributed by atoms with Crippen molar-refractivity contribution in [3.05, 3.63) is 140 Å². The van der Waals surface area contributed by atoms with Gasteiger partial charge in [-0.15, -0.1) is 0 Å². The topological polar surface area (TPSA) is 169 Å². The van der Waals surface area contributed by atoms with Crippen LogP contribution in [0.15, 0.2) is 96.1 Å². The van der Waals surface area contributed by atoms with Gasteiger partial charge in [0.25, 0.3) is 0 Å². The van der Waals surface area contributed by atoms with Gasteiger partial charge in [0.05, 0.1) is 24.3 Å². The number of carbonyl (C=O) groups excluding carboxylic acids is 4. The fraction of sp³-hybridized carbons (Fsp3) is 0.452. The average molecular weight is 1220 g/mol. The SMILES string of the molecule is C/C=C/c1ccc(C(OC)=C2C3CC4CC(C3)CC2C4)c(Cl)c1O.C/C=C/c1ccc(C(OC)=C2C3CC4CC(C3)CC2C4)c(Cl)c1OCc1ccc(OP(C)(C)=O)cc1.CP(C)(=O)Oc1ccc(CBr)cc1.O=C=O.O=C=O. The molecular weight excluding hydrogens is 1150 g/mol. The normalized spacial score (nSPS) is 22.8. The Bertz CT molecular complexity index is 2960. The molecule has 4 aromatic rings. The molecule has 8 fully saturated rings. The molecule has 17 heteroatoms. The zero-order valence-corrected chi connectivity index (χ0v) is 51.2. The first-order valence-electron chi connectivity index (χ1n) is 26.7. The Morgan fingerprint density at radius 1 is 0.570 bits per heavy atom. The van der Waals surface area contributed by atoms with Crippen molar-refractivity contribution in [2.24, 2.45) is 47.3 Å². The third kappa shape index (κ3) is 16.8. The average Bonchev–Trinajstić information content (AvgIpc) is 3.50. The van der Waals surface area contributed by atoms with E-state index in [2.05, 4.69) is 28.1 Å². The lowest BCUT2D eigenvalue weighted by molar-refractivity contribution is -0.193. The first-order valence-corrected chi connectivity index (χ1v) is 33.6. The van der Waals surface area contributed by atoms with Crippen molar-refractivity contribution in [3.63, 3.8) is 0 Å². The van der Waals surface area contributed by atoms with Crippen LogP contribution in [0.5, 0.6) is 23.0 Å². The highest BCUT2D eigenvalue weighted by atomic mass is 79.9. The molecule has 0 radical (unpaired) electrons. The van der Waals surface area contributed by atoms with Crippen LogP contribution in [0.3, 0.4) is 0 Å². The predicted molar refractivity (Wildman–Crippen MR) is 316 cm³/mol. The van der Waals surface area contributed by atoms with E-state index in [-0.39, 0.29) is 18.1 Å². The number of phenols is 1. The first-order chi connectivity index (χ1) is 37.7. The summed E-state index contributed by atoms with van der Waals surface area (Å²) in [5.74, 6) is 10.1. The Labute approximate surface area is 484 Å². The molecule has 424 valence electrons. The van der Waals surface area contributed by atoms with Crippen molar-refractivity contribution in [2.45, 2.75) is 90.0 Å². The number of allylic oxidation sites excluding steroid dienone is 4. The summed E-state index contributed by atoms with van der Waals surface area (Å²) in [6.45, 7) is 10.7. The van der Waals surface area contributed by atoms with Gasteiger partial charge in [-0.1, -0.05) is 99.8 Å². The summed E-state index contributed by atoms with van der Waals surface area (Å²) >= 11 is 16.9. The van der Waals surface area contributed by atoms with E-state index in [1.54, 1.807) is 40.9 Å². The van der Waals surface area contributed by atoms with Crippen LogP contribution in [0.4, 0.5) is 0 Å². The molecule has 0 unspecified atom stereocenters. The van der Waals surface area contributed by atoms with Gasteiger partial charge in [0.1, 0.15) is 41.1 Å². The van der Waals surface area contributed by atoms with Crippen molar-refractivity contribution < 1.29 is 56.7 Å². The molecule has 0 aliphatic heterocycles. The molecule has 12 rings (SSSR count). The number of hydrogen-bond acceptors (Lipinski definition) is 12. The van der Waals surface area contributed by atoms with Crippen molar-refractivity contribution in [3.8, 4) is 23.0 Å². The molecule has 0 atom stereocenters. The highest BCUT2D eigenvalue weighted by Gasteiger charge is 2.48. The molecule has 0 aromatic heterocycles. The number of alkyl halides is 1. The van der Waals surface area contributed by atoms with Gasteiger partial charge >= 0.3 is 12.3 Å². The number of benzene rings is 4. The van der Waals surface area contributed by atoms with Gasteiger partial charge in [-0.25, -0.2) is 0 Å². The summed E-state index contributed by atoms with van der Waals surface area (Å²) in [5, 5.41) is 12.3. The summed E-state index contributed by atoms with van der Waals surface area (Å²) in [5.41, 5.74) is 8.55. The van der Waals surface area contributed by atoms with Crippen LogP contribution >= 0.6 is 53.9 Å². The Kier molecular flexibility index (Phi) is 23.2. The molecule has 79 heavy (non-hydrogen) atoms. The second-order valence-electron chi connectivity index (χ2n) is 21.9. The molecule has 0 spiro atoms. The third-order valence-electron chi connectivity index (χ3n) is 15.5. The molecular formula is C62H73BrCl2O12P2. The lowest BCUT2D eigenvalue weighted by Crippen LogP contribution is -2.40. The third-order valence-corrected chi connectivity index (χ3v) is 18.2. The zero-order valence-electron chi connectivity index (χ0n) is 46.3. The molecule has 12 nitrogen and oxygen atoms in total. The highest BCUT2D eigenvalue weighted by molar-refractivity contribution is 9.08. The number of phenolic OH excluding ortho intramolecular Hbond substituents is 1. The number of aromatic hydroxyl groups is 1. The van der Waals surface area contributed by atoms with Crippen molar-refractivity contribution >= 4 is 89.8 Å². The van der Waals surface area contributed by atoms with Gasteiger partial charge in [-0.3, -0.25) is 9.13 Å². The smallest absolute Gasteiger partial charge is 0.373 e. The van der Waals surface area contributed by atoms with Crippen LogP contribution in [0, 0.1) is 47.3 Å². The van der Waals surface area contributed by atoms with E-state index in [9.17, 15) is 14.2 Å². The molecule has 8 bridgehead atoms. The maximum atomic E-state index is 11.9. The van der Waals surface area contributed by atoms with E-state index < -0.39 is 14.7 Å². The molecule has 0 heterocycles. The predicted octanol–water partition coefficient (Wildman–Crippen LogP) is 16.9. The number of rotatable bonds is 14. The van der Waals surface area contributed by atoms with Crippen LogP contribution in [0.25, 0.3) is 23.7 Å². The van der Waals surface area contributed by atoms with E-state index in [4.69, 9.17) is 65.6 Å². The molecule has 1 N–H and O–H groups in total. The maximum Gasteiger partial charge on any atom is 0.373 e. The van der Waals surface area contributed by atoms with E-state index in [1.165, 1.54) is 80.9 Å².